The van der Waals surface area contributed by atoms with E-state index < -0.39 is 0 Å². The Kier molecular flexibility index (Phi) is 2.67. The molecule has 0 bridgehead atoms. The van der Waals surface area contributed by atoms with Crippen LogP contribution in [0.25, 0.3) is 10.8 Å². The zero-order valence-electron chi connectivity index (χ0n) is 8.35. The Morgan fingerprint density at radius 2 is 2.44 bits per heavy atom. The van der Waals surface area contributed by atoms with E-state index in [1.165, 1.54) is 11.3 Å². The minimum absolute atomic E-state index is 0.260. The van der Waals surface area contributed by atoms with Crippen molar-refractivity contribution in [2.75, 3.05) is 13.2 Å². The lowest BCUT2D eigenvalue weighted by Crippen LogP contribution is -1.99. The quantitative estimate of drug-likeness (QED) is 0.829. The smallest absolute Gasteiger partial charge is 0.269 e. The molecule has 1 aliphatic rings. The van der Waals surface area contributed by atoms with Gasteiger partial charge in [0.2, 0.25) is 0 Å². The van der Waals surface area contributed by atoms with Crippen LogP contribution in [0.3, 0.4) is 0 Å². The fraction of sp³-hybridized carbons (Fsp3) is 0.400. The molecule has 1 aliphatic heterocycles. The second-order valence-corrected chi connectivity index (χ2v) is 4.94. The molecule has 0 spiro atoms. The topological polar surface area (TPSA) is 48.2 Å². The highest BCUT2D eigenvalue weighted by atomic mass is 35.5. The lowest BCUT2D eigenvalue weighted by Gasteiger charge is -1.97. The third-order valence-corrected chi connectivity index (χ3v) is 3.88. The SMILES string of the molecule is Clc1ccsc1-c1nc([C@H]2CCOC2)no1. The van der Waals surface area contributed by atoms with Crippen LogP contribution in [0.2, 0.25) is 5.02 Å². The second-order valence-electron chi connectivity index (χ2n) is 3.62. The molecule has 84 valence electrons. The lowest BCUT2D eigenvalue weighted by molar-refractivity contribution is 0.192. The number of ether oxygens (including phenoxy) is 1. The largest absolute Gasteiger partial charge is 0.381 e. The van der Waals surface area contributed by atoms with Gasteiger partial charge in [-0.05, 0) is 17.9 Å². The van der Waals surface area contributed by atoms with Crippen LogP contribution < -0.4 is 0 Å². The highest BCUT2D eigenvalue weighted by molar-refractivity contribution is 7.14. The molecule has 16 heavy (non-hydrogen) atoms. The Hall–Kier alpha value is -0.910. The molecule has 1 atom stereocenters. The first kappa shape index (κ1) is 10.3. The molecule has 0 aliphatic carbocycles. The number of aromatic nitrogens is 2. The predicted octanol–water partition coefficient (Wildman–Crippen LogP) is 2.96. The highest BCUT2D eigenvalue weighted by Gasteiger charge is 2.24. The van der Waals surface area contributed by atoms with Gasteiger partial charge in [0.15, 0.2) is 5.82 Å². The molecule has 0 N–H and O–H groups in total. The number of nitrogens with zero attached hydrogens (tertiary/aromatic N) is 2. The first-order valence-electron chi connectivity index (χ1n) is 4.99. The monoisotopic (exact) mass is 256 g/mol. The van der Waals surface area contributed by atoms with Crippen molar-refractivity contribution < 1.29 is 9.26 Å². The molecule has 2 aromatic rings. The predicted molar refractivity (Wildman–Crippen MR) is 60.8 cm³/mol. The summed E-state index contributed by atoms with van der Waals surface area (Å²) in [5.74, 6) is 1.48. The zero-order valence-corrected chi connectivity index (χ0v) is 9.92. The van der Waals surface area contributed by atoms with Crippen molar-refractivity contribution in [1.29, 1.82) is 0 Å². The molecule has 0 unspecified atom stereocenters. The fourth-order valence-electron chi connectivity index (χ4n) is 1.68. The van der Waals surface area contributed by atoms with Crippen molar-refractivity contribution in [3.05, 3.63) is 22.3 Å². The van der Waals surface area contributed by atoms with Gasteiger partial charge < -0.3 is 9.26 Å². The van der Waals surface area contributed by atoms with E-state index in [-0.39, 0.29) is 5.92 Å². The molecule has 0 saturated carbocycles. The number of hydrogen-bond donors (Lipinski definition) is 0. The van der Waals surface area contributed by atoms with E-state index in [1.54, 1.807) is 0 Å². The summed E-state index contributed by atoms with van der Waals surface area (Å²) in [6.07, 6.45) is 0.956. The van der Waals surface area contributed by atoms with E-state index in [9.17, 15) is 0 Å². The molecule has 0 amide bonds. The van der Waals surface area contributed by atoms with E-state index in [0.717, 1.165) is 23.7 Å². The summed E-state index contributed by atoms with van der Waals surface area (Å²) in [5.41, 5.74) is 0. The molecule has 3 rings (SSSR count). The summed E-state index contributed by atoms with van der Waals surface area (Å²) in [4.78, 5) is 5.20. The third-order valence-electron chi connectivity index (χ3n) is 2.55. The fourth-order valence-corrected chi connectivity index (χ4v) is 2.73. The van der Waals surface area contributed by atoms with Crippen LogP contribution >= 0.6 is 22.9 Å². The van der Waals surface area contributed by atoms with Crippen LogP contribution in [0.4, 0.5) is 0 Å². The molecule has 1 saturated heterocycles. The van der Waals surface area contributed by atoms with Crippen molar-refractivity contribution in [1.82, 2.24) is 10.1 Å². The van der Waals surface area contributed by atoms with Crippen molar-refractivity contribution in [2.45, 2.75) is 12.3 Å². The summed E-state index contributed by atoms with van der Waals surface area (Å²) < 4.78 is 10.5. The Balaban J connectivity index is 1.90. The molecule has 0 aromatic carbocycles. The molecule has 0 radical (unpaired) electrons. The van der Waals surface area contributed by atoms with Gasteiger partial charge in [-0.1, -0.05) is 16.8 Å². The number of thiophene rings is 1. The third kappa shape index (κ3) is 1.75. The Morgan fingerprint density at radius 3 is 3.12 bits per heavy atom. The lowest BCUT2D eigenvalue weighted by atomic mass is 10.1. The van der Waals surface area contributed by atoms with Crippen molar-refractivity contribution in [2.24, 2.45) is 0 Å². The maximum atomic E-state index is 6.00. The van der Waals surface area contributed by atoms with Gasteiger partial charge >= 0.3 is 0 Å². The molecule has 3 heterocycles. The van der Waals surface area contributed by atoms with Gasteiger partial charge in [0, 0.05) is 12.5 Å². The van der Waals surface area contributed by atoms with Crippen LogP contribution in [0, 0.1) is 0 Å². The minimum Gasteiger partial charge on any atom is -0.381 e. The summed E-state index contributed by atoms with van der Waals surface area (Å²) >= 11 is 7.50. The van der Waals surface area contributed by atoms with Crippen LogP contribution in [0.5, 0.6) is 0 Å². The summed E-state index contributed by atoms with van der Waals surface area (Å²) in [6.45, 7) is 1.45. The number of halogens is 1. The zero-order chi connectivity index (χ0) is 11.0. The Morgan fingerprint density at radius 1 is 1.50 bits per heavy atom. The highest BCUT2D eigenvalue weighted by Crippen LogP contribution is 2.33. The van der Waals surface area contributed by atoms with Gasteiger partial charge in [-0.2, -0.15) is 4.98 Å². The van der Waals surface area contributed by atoms with E-state index in [4.69, 9.17) is 20.9 Å². The van der Waals surface area contributed by atoms with Gasteiger partial charge in [0.1, 0.15) is 4.88 Å². The van der Waals surface area contributed by atoms with E-state index in [2.05, 4.69) is 10.1 Å². The minimum atomic E-state index is 0.260. The molecule has 2 aromatic heterocycles. The molecular weight excluding hydrogens is 248 g/mol. The molecule has 6 heteroatoms. The molecular formula is C10H9ClN2O2S. The van der Waals surface area contributed by atoms with Crippen molar-refractivity contribution in [3.63, 3.8) is 0 Å². The first-order chi connectivity index (χ1) is 7.84. The van der Waals surface area contributed by atoms with Gasteiger partial charge in [-0.25, -0.2) is 0 Å². The Bertz CT molecular complexity index is 490. The molecule has 4 nitrogen and oxygen atoms in total. The van der Waals surface area contributed by atoms with Gasteiger partial charge in [0.05, 0.1) is 11.6 Å². The van der Waals surface area contributed by atoms with Gasteiger partial charge in [0.25, 0.3) is 5.89 Å². The summed E-state index contributed by atoms with van der Waals surface area (Å²) in [7, 11) is 0. The summed E-state index contributed by atoms with van der Waals surface area (Å²) in [5, 5.41) is 6.54. The number of hydrogen-bond acceptors (Lipinski definition) is 5. The van der Waals surface area contributed by atoms with E-state index >= 15 is 0 Å². The van der Waals surface area contributed by atoms with Crippen LogP contribution in [0.15, 0.2) is 16.0 Å². The van der Waals surface area contributed by atoms with Crippen LogP contribution in [-0.4, -0.2) is 23.4 Å². The first-order valence-corrected chi connectivity index (χ1v) is 6.25. The van der Waals surface area contributed by atoms with Gasteiger partial charge in [-0.15, -0.1) is 11.3 Å². The van der Waals surface area contributed by atoms with E-state index in [0.29, 0.717) is 17.5 Å². The standard InChI is InChI=1S/C10H9ClN2O2S/c11-7-2-4-16-8(7)10-12-9(13-15-10)6-1-3-14-5-6/h2,4,6H,1,3,5H2/t6-/m0/s1. The summed E-state index contributed by atoms with van der Waals surface area (Å²) in [6, 6.07) is 1.82. The average Bonchev–Trinajstić information content (AvgIpc) is 2.96. The maximum Gasteiger partial charge on any atom is 0.269 e. The van der Waals surface area contributed by atoms with Gasteiger partial charge in [-0.3, -0.25) is 0 Å². The van der Waals surface area contributed by atoms with Crippen LogP contribution in [0.1, 0.15) is 18.2 Å². The van der Waals surface area contributed by atoms with E-state index in [1.807, 2.05) is 11.4 Å². The van der Waals surface area contributed by atoms with Crippen LogP contribution in [-0.2, 0) is 4.74 Å². The van der Waals surface area contributed by atoms with Crippen molar-refractivity contribution >= 4 is 22.9 Å². The second kappa shape index (κ2) is 4.16. The Labute approximate surface area is 101 Å². The average molecular weight is 257 g/mol. The number of rotatable bonds is 2. The molecule has 1 fully saturated rings. The van der Waals surface area contributed by atoms with Crippen molar-refractivity contribution in [3.8, 4) is 10.8 Å². The normalized spacial score (nSPS) is 20.4. The maximum absolute atomic E-state index is 6.00.